The number of rotatable bonds is 8. The van der Waals surface area contributed by atoms with Crippen LogP contribution in [-0.2, 0) is 10.0 Å². The van der Waals surface area contributed by atoms with Crippen molar-refractivity contribution in [1.82, 2.24) is 4.90 Å². The third-order valence-electron chi connectivity index (χ3n) is 7.56. The molecule has 1 N–H and O–H groups in total. The Morgan fingerprint density at radius 1 is 0.907 bits per heavy atom. The number of nitrogens with zero attached hydrogens (tertiary/aromatic N) is 3. The molecule has 1 amide bonds. The highest BCUT2D eigenvalue weighted by molar-refractivity contribution is 7.92. The summed E-state index contributed by atoms with van der Waals surface area (Å²) in [6.07, 6.45) is 2.41. The highest BCUT2D eigenvalue weighted by Gasteiger charge is 2.24. The summed E-state index contributed by atoms with van der Waals surface area (Å²) in [6, 6.07) is 27.7. The average molecular weight is 597 g/mol. The number of carbonyl (C=O) groups is 1. The number of para-hydroxylation sites is 3. The maximum absolute atomic E-state index is 13.7. The Labute approximate surface area is 253 Å². The van der Waals surface area contributed by atoms with Crippen LogP contribution in [0.3, 0.4) is 0 Å². The van der Waals surface area contributed by atoms with Gasteiger partial charge in [-0.1, -0.05) is 54.6 Å². The predicted octanol–water partition coefficient (Wildman–Crippen LogP) is 6.55. The Bertz CT molecular complexity index is 1740. The van der Waals surface area contributed by atoms with Crippen LogP contribution in [0.25, 0.3) is 11.1 Å². The second-order valence-corrected chi connectivity index (χ2v) is 12.0. The van der Waals surface area contributed by atoms with Crippen LogP contribution in [0.15, 0.2) is 101 Å². The van der Waals surface area contributed by atoms with Crippen molar-refractivity contribution < 1.29 is 17.9 Å². The second kappa shape index (κ2) is 13.1. The SMILES string of the molecule is CC=Nc1c(-c2ccccc2)cccc1S(=O)(=O)Nc1ccc(C(=O)N2CCCN(c3ccccc3OC)CC2)cc1C. The maximum atomic E-state index is 13.7. The predicted molar refractivity (Wildman–Crippen MR) is 173 cm³/mol. The number of hydrogen-bond acceptors (Lipinski definition) is 6. The van der Waals surface area contributed by atoms with Gasteiger partial charge in [-0.05, 0) is 67.8 Å². The second-order valence-electron chi connectivity index (χ2n) is 10.3. The molecule has 4 aromatic carbocycles. The van der Waals surface area contributed by atoms with Crippen LogP contribution in [0, 0.1) is 6.92 Å². The third kappa shape index (κ3) is 6.57. The molecule has 0 saturated carbocycles. The normalized spacial score (nSPS) is 14.0. The fourth-order valence-corrected chi connectivity index (χ4v) is 6.70. The van der Waals surface area contributed by atoms with E-state index in [1.807, 2.05) is 65.6 Å². The minimum atomic E-state index is -3.99. The van der Waals surface area contributed by atoms with Crippen LogP contribution in [0.1, 0.15) is 29.3 Å². The van der Waals surface area contributed by atoms with Crippen LogP contribution in [0.4, 0.5) is 17.1 Å². The summed E-state index contributed by atoms with van der Waals surface area (Å²) in [7, 11) is -2.33. The summed E-state index contributed by atoms with van der Waals surface area (Å²) < 4.78 is 35.6. The standard InChI is InChI=1S/C34H36N4O4S/c1-4-35-33-28(26-12-6-5-7-13-26)14-10-17-32(33)43(40,41)36-29-19-18-27(24-25(29)2)34(39)38-21-11-20-37(22-23-38)30-15-8-9-16-31(30)42-3/h4-10,12-19,24,36H,11,20-23H2,1-3H3. The van der Waals surface area contributed by atoms with Crippen molar-refractivity contribution in [2.24, 2.45) is 4.99 Å². The lowest BCUT2D eigenvalue weighted by Crippen LogP contribution is -2.35. The lowest BCUT2D eigenvalue weighted by atomic mass is 10.0. The van der Waals surface area contributed by atoms with E-state index in [0.717, 1.165) is 35.5 Å². The first-order chi connectivity index (χ1) is 20.8. The maximum Gasteiger partial charge on any atom is 0.264 e. The zero-order chi connectivity index (χ0) is 30.4. The van der Waals surface area contributed by atoms with Gasteiger partial charge < -0.3 is 14.5 Å². The van der Waals surface area contributed by atoms with E-state index in [0.29, 0.717) is 42.1 Å². The molecule has 0 spiro atoms. The van der Waals surface area contributed by atoms with E-state index in [-0.39, 0.29) is 10.8 Å². The van der Waals surface area contributed by atoms with E-state index in [9.17, 15) is 13.2 Å². The number of carbonyl (C=O) groups excluding carboxylic acids is 1. The molecule has 0 bridgehead atoms. The van der Waals surface area contributed by atoms with Gasteiger partial charge in [0.05, 0.1) is 24.2 Å². The molecule has 5 rings (SSSR count). The van der Waals surface area contributed by atoms with Crippen molar-refractivity contribution in [2.45, 2.75) is 25.2 Å². The van der Waals surface area contributed by atoms with Crippen molar-refractivity contribution in [2.75, 3.05) is 42.9 Å². The summed E-state index contributed by atoms with van der Waals surface area (Å²) in [5.41, 5.74) is 4.57. The number of aliphatic imine (C=N–C) groups is 1. The van der Waals surface area contributed by atoms with Gasteiger partial charge in [-0.25, -0.2) is 8.42 Å². The molecule has 222 valence electrons. The van der Waals surface area contributed by atoms with Crippen molar-refractivity contribution in [3.05, 3.63) is 102 Å². The van der Waals surface area contributed by atoms with Crippen LogP contribution in [0.2, 0.25) is 0 Å². The summed E-state index contributed by atoms with van der Waals surface area (Å²) in [5.74, 6) is 0.742. The van der Waals surface area contributed by atoms with Gasteiger partial charge >= 0.3 is 0 Å². The van der Waals surface area contributed by atoms with Gasteiger partial charge in [0.15, 0.2) is 0 Å². The molecule has 1 fully saturated rings. The third-order valence-corrected chi connectivity index (χ3v) is 8.96. The Balaban J connectivity index is 1.34. The Morgan fingerprint density at radius 3 is 2.42 bits per heavy atom. The highest BCUT2D eigenvalue weighted by Crippen LogP contribution is 2.37. The molecule has 1 aliphatic heterocycles. The van der Waals surface area contributed by atoms with Crippen molar-refractivity contribution in [3.8, 4) is 16.9 Å². The van der Waals surface area contributed by atoms with E-state index < -0.39 is 10.0 Å². The van der Waals surface area contributed by atoms with Crippen LogP contribution < -0.4 is 14.4 Å². The molecular formula is C34H36N4O4S. The lowest BCUT2D eigenvalue weighted by Gasteiger charge is -2.25. The number of aryl methyl sites for hydroxylation is 1. The number of nitrogens with one attached hydrogen (secondary N) is 1. The molecule has 0 aromatic heterocycles. The number of amides is 1. The molecule has 0 radical (unpaired) electrons. The number of ether oxygens (including phenoxy) is 1. The molecule has 1 aliphatic rings. The molecule has 0 atom stereocenters. The molecule has 8 nitrogen and oxygen atoms in total. The van der Waals surface area contributed by atoms with E-state index in [1.54, 1.807) is 57.5 Å². The minimum absolute atomic E-state index is 0.0745. The van der Waals surface area contributed by atoms with E-state index in [2.05, 4.69) is 14.6 Å². The Morgan fingerprint density at radius 2 is 1.67 bits per heavy atom. The molecule has 4 aromatic rings. The van der Waals surface area contributed by atoms with E-state index >= 15 is 0 Å². The lowest BCUT2D eigenvalue weighted by molar-refractivity contribution is 0.0767. The number of anilines is 2. The molecular weight excluding hydrogens is 560 g/mol. The molecule has 1 heterocycles. The van der Waals surface area contributed by atoms with Gasteiger partial charge in [0.1, 0.15) is 10.6 Å². The highest BCUT2D eigenvalue weighted by atomic mass is 32.2. The monoisotopic (exact) mass is 596 g/mol. The average Bonchev–Trinajstić information content (AvgIpc) is 3.28. The number of hydrogen-bond donors (Lipinski definition) is 1. The Kier molecular flexibility index (Phi) is 9.11. The smallest absolute Gasteiger partial charge is 0.264 e. The number of sulfonamides is 1. The fraction of sp³-hybridized carbons (Fsp3) is 0.235. The molecule has 0 unspecified atom stereocenters. The largest absolute Gasteiger partial charge is 0.495 e. The Hall–Kier alpha value is -4.63. The van der Waals surface area contributed by atoms with Gasteiger partial charge in [0, 0.05) is 43.5 Å². The zero-order valence-electron chi connectivity index (χ0n) is 24.7. The summed E-state index contributed by atoms with van der Waals surface area (Å²) >= 11 is 0. The summed E-state index contributed by atoms with van der Waals surface area (Å²) in [5, 5.41) is 0. The molecule has 9 heteroatoms. The zero-order valence-corrected chi connectivity index (χ0v) is 25.5. The number of methoxy groups -OCH3 is 1. The summed E-state index contributed by atoms with van der Waals surface area (Å²) in [6.45, 7) is 6.27. The van der Waals surface area contributed by atoms with Gasteiger partial charge in [-0.3, -0.25) is 14.5 Å². The first kappa shape index (κ1) is 29.8. The quantitative estimate of drug-likeness (QED) is 0.233. The topological polar surface area (TPSA) is 91.3 Å². The molecule has 43 heavy (non-hydrogen) atoms. The van der Waals surface area contributed by atoms with Gasteiger partial charge in [-0.15, -0.1) is 0 Å². The van der Waals surface area contributed by atoms with E-state index in [4.69, 9.17) is 4.74 Å². The van der Waals surface area contributed by atoms with Crippen molar-refractivity contribution >= 4 is 39.2 Å². The van der Waals surface area contributed by atoms with Gasteiger partial charge in [-0.2, -0.15) is 0 Å². The minimum Gasteiger partial charge on any atom is -0.495 e. The summed E-state index contributed by atoms with van der Waals surface area (Å²) in [4.78, 5) is 22.1. The first-order valence-corrected chi connectivity index (χ1v) is 15.8. The van der Waals surface area contributed by atoms with E-state index in [1.165, 1.54) is 0 Å². The van der Waals surface area contributed by atoms with Crippen LogP contribution in [0.5, 0.6) is 5.75 Å². The number of benzene rings is 4. The van der Waals surface area contributed by atoms with Crippen molar-refractivity contribution in [3.63, 3.8) is 0 Å². The van der Waals surface area contributed by atoms with Crippen LogP contribution >= 0.6 is 0 Å². The fourth-order valence-electron chi connectivity index (χ4n) is 5.40. The van der Waals surface area contributed by atoms with Gasteiger partial charge in [0.25, 0.3) is 15.9 Å². The first-order valence-electron chi connectivity index (χ1n) is 14.3. The molecule has 0 aliphatic carbocycles. The van der Waals surface area contributed by atoms with Crippen LogP contribution in [-0.4, -0.2) is 58.7 Å². The molecule has 1 saturated heterocycles. The van der Waals surface area contributed by atoms with Crippen molar-refractivity contribution in [1.29, 1.82) is 0 Å². The van der Waals surface area contributed by atoms with Gasteiger partial charge in [0.2, 0.25) is 0 Å².